The number of hydrogen-bond donors (Lipinski definition) is 2. The monoisotopic (exact) mass is 458 g/mol. The number of benzene rings is 3. The van der Waals surface area contributed by atoms with E-state index in [1.54, 1.807) is 36.4 Å². The number of rotatable bonds is 8. The molecule has 0 unspecified atom stereocenters. The van der Waals surface area contributed by atoms with Crippen LogP contribution in [0, 0.1) is 0 Å². The summed E-state index contributed by atoms with van der Waals surface area (Å²) in [5, 5.41) is 11.6. The number of aromatic carboxylic acids is 1. The molecular formula is C26H22N2O6. The summed E-state index contributed by atoms with van der Waals surface area (Å²) in [4.78, 5) is 37.2. The van der Waals surface area contributed by atoms with Gasteiger partial charge in [0.2, 0.25) is 0 Å². The number of nitrogens with one attached hydrogen (secondary N) is 1. The molecule has 1 saturated heterocycles. The minimum atomic E-state index is -0.987. The third-order valence-corrected chi connectivity index (χ3v) is 5.24. The van der Waals surface area contributed by atoms with Crippen molar-refractivity contribution in [1.29, 1.82) is 0 Å². The number of nitrogens with zero attached hydrogens (tertiary/aromatic N) is 1. The SMILES string of the molecule is COc1cc(/C=C2\NC(=O)N(Cc3ccccc3)C2=O)ccc1OCc1ccc(C(=O)O)cc1. The smallest absolute Gasteiger partial charge is 0.335 e. The second-order valence-corrected chi connectivity index (χ2v) is 7.57. The van der Waals surface area contributed by atoms with Crippen molar-refractivity contribution in [3.05, 3.63) is 101 Å². The van der Waals surface area contributed by atoms with Crippen molar-refractivity contribution in [2.24, 2.45) is 0 Å². The molecular weight excluding hydrogens is 436 g/mol. The third-order valence-electron chi connectivity index (χ3n) is 5.24. The van der Waals surface area contributed by atoms with Gasteiger partial charge in [0.05, 0.1) is 19.2 Å². The van der Waals surface area contributed by atoms with Crippen LogP contribution >= 0.6 is 0 Å². The number of carbonyl (C=O) groups is 3. The fourth-order valence-electron chi connectivity index (χ4n) is 3.45. The molecule has 3 amide bonds. The molecule has 8 nitrogen and oxygen atoms in total. The van der Waals surface area contributed by atoms with Crippen LogP contribution in [0.2, 0.25) is 0 Å². The number of hydrogen-bond acceptors (Lipinski definition) is 5. The normalized spacial score (nSPS) is 14.3. The minimum absolute atomic E-state index is 0.176. The van der Waals surface area contributed by atoms with E-state index >= 15 is 0 Å². The first-order chi connectivity index (χ1) is 16.4. The van der Waals surface area contributed by atoms with E-state index in [4.69, 9.17) is 14.6 Å². The van der Waals surface area contributed by atoms with Crippen molar-refractivity contribution in [3.8, 4) is 11.5 Å². The molecule has 3 aromatic carbocycles. The summed E-state index contributed by atoms with van der Waals surface area (Å²) in [6, 6.07) is 20.4. The number of amides is 3. The first-order valence-electron chi connectivity index (χ1n) is 10.5. The topological polar surface area (TPSA) is 105 Å². The summed E-state index contributed by atoms with van der Waals surface area (Å²) in [6.07, 6.45) is 1.59. The molecule has 8 heteroatoms. The van der Waals surface area contributed by atoms with Crippen molar-refractivity contribution >= 4 is 24.0 Å². The van der Waals surface area contributed by atoms with Crippen molar-refractivity contribution in [2.75, 3.05) is 7.11 Å². The maximum absolute atomic E-state index is 12.8. The Morgan fingerprint density at radius 1 is 0.971 bits per heavy atom. The molecule has 4 rings (SSSR count). The van der Waals surface area contributed by atoms with Gasteiger partial charge in [-0.05, 0) is 47.0 Å². The fraction of sp³-hybridized carbons (Fsp3) is 0.115. The van der Waals surface area contributed by atoms with Crippen LogP contribution in [0.1, 0.15) is 27.0 Å². The van der Waals surface area contributed by atoms with E-state index in [1.165, 1.54) is 19.2 Å². The van der Waals surface area contributed by atoms with Crippen molar-refractivity contribution in [1.82, 2.24) is 10.2 Å². The minimum Gasteiger partial charge on any atom is -0.493 e. The highest BCUT2D eigenvalue weighted by atomic mass is 16.5. The Morgan fingerprint density at radius 3 is 2.38 bits per heavy atom. The van der Waals surface area contributed by atoms with E-state index < -0.39 is 17.9 Å². The molecule has 1 fully saturated rings. The Labute approximate surface area is 196 Å². The van der Waals surface area contributed by atoms with Gasteiger partial charge in [-0.1, -0.05) is 48.5 Å². The van der Waals surface area contributed by atoms with E-state index in [0.29, 0.717) is 17.1 Å². The maximum Gasteiger partial charge on any atom is 0.335 e. The van der Waals surface area contributed by atoms with Gasteiger partial charge in [0.15, 0.2) is 11.5 Å². The highest BCUT2D eigenvalue weighted by Crippen LogP contribution is 2.30. The number of carbonyl (C=O) groups excluding carboxylic acids is 2. The molecule has 0 atom stereocenters. The van der Waals surface area contributed by atoms with Crippen LogP contribution in [0.5, 0.6) is 11.5 Å². The van der Waals surface area contributed by atoms with E-state index in [2.05, 4.69) is 5.32 Å². The summed E-state index contributed by atoms with van der Waals surface area (Å²) in [6.45, 7) is 0.409. The molecule has 3 aromatic rings. The number of ether oxygens (including phenoxy) is 2. The van der Waals surface area contributed by atoms with Crippen LogP contribution in [0.4, 0.5) is 4.79 Å². The summed E-state index contributed by atoms with van der Waals surface area (Å²) in [5.41, 5.74) is 2.69. The lowest BCUT2D eigenvalue weighted by Crippen LogP contribution is -2.30. The second-order valence-electron chi connectivity index (χ2n) is 7.57. The van der Waals surface area contributed by atoms with E-state index in [9.17, 15) is 14.4 Å². The molecule has 0 aliphatic carbocycles. The van der Waals surface area contributed by atoms with Crippen LogP contribution < -0.4 is 14.8 Å². The Morgan fingerprint density at radius 2 is 1.71 bits per heavy atom. The molecule has 1 aliphatic rings. The zero-order valence-electron chi connectivity index (χ0n) is 18.4. The number of carboxylic acids is 1. The van der Waals surface area contributed by atoms with Gasteiger partial charge in [0.1, 0.15) is 12.3 Å². The molecule has 0 spiro atoms. The van der Waals surface area contributed by atoms with E-state index in [-0.39, 0.29) is 24.4 Å². The molecule has 0 radical (unpaired) electrons. The van der Waals surface area contributed by atoms with Gasteiger partial charge in [-0.3, -0.25) is 9.69 Å². The molecule has 0 bridgehead atoms. The lowest BCUT2D eigenvalue weighted by molar-refractivity contribution is -0.123. The van der Waals surface area contributed by atoms with Crippen molar-refractivity contribution < 1.29 is 29.0 Å². The number of imide groups is 1. The van der Waals surface area contributed by atoms with Gasteiger partial charge in [-0.15, -0.1) is 0 Å². The van der Waals surface area contributed by atoms with Gasteiger partial charge in [0, 0.05) is 0 Å². The third kappa shape index (κ3) is 5.07. The average molecular weight is 458 g/mol. The van der Waals surface area contributed by atoms with Crippen LogP contribution in [0.3, 0.4) is 0 Å². The lowest BCUT2D eigenvalue weighted by Gasteiger charge is -2.12. The number of carboxylic acid groups (broad SMARTS) is 1. The Hall–Kier alpha value is -4.59. The maximum atomic E-state index is 12.8. The van der Waals surface area contributed by atoms with E-state index in [0.717, 1.165) is 16.0 Å². The second kappa shape index (κ2) is 9.91. The highest BCUT2D eigenvalue weighted by Gasteiger charge is 2.33. The number of methoxy groups -OCH3 is 1. The zero-order valence-corrected chi connectivity index (χ0v) is 18.4. The highest BCUT2D eigenvalue weighted by molar-refractivity contribution is 6.13. The average Bonchev–Trinajstić information content (AvgIpc) is 3.11. The first kappa shape index (κ1) is 22.6. The molecule has 172 valence electrons. The van der Waals surface area contributed by atoms with Gasteiger partial charge in [-0.2, -0.15) is 0 Å². The largest absolute Gasteiger partial charge is 0.493 e. The van der Waals surface area contributed by atoms with Gasteiger partial charge in [0.25, 0.3) is 5.91 Å². The number of urea groups is 1. The lowest BCUT2D eigenvalue weighted by atomic mass is 10.1. The van der Waals surface area contributed by atoms with Crippen LogP contribution in [-0.4, -0.2) is 35.0 Å². The standard InChI is InChI=1S/C26H22N2O6/c1-33-23-14-19(9-12-22(23)34-16-18-7-10-20(11-8-18)25(30)31)13-21-24(29)28(26(32)27-21)15-17-5-3-2-4-6-17/h2-14H,15-16H2,1H3,(H,27,32)(H,30,31)/b21-13-. The van der Waals surface area contributed by atoms with E-state index in [1.807, 2.05) is 30.3 Å². The Balaban J connectivity index is 1.46. The van der Waals surface area contributed by atoms with Gasteiger partial charge in [-0.25, -0.2) is 9.59 Å². The quantitative estimate of drug-likeness (QED) is 0.390. The molecule has 2 N–H and O–H groups in total. The Kier molecular flexibility index (Phi) is 6.59. The summed E-state index contributed by atoms with van der Waals surface area (Å²) >= 11 is 0. The summed E-state index contributed by atoms with van der Waals surface area (Å²) < 4.78 is 11.2. The molecule has 34 heavy (non-hydrogen) atoms. The predicted octanol–water partition coefficient (Wildman–Crippen LogP) is 4.07. The fourth-order valence-corrected chi connectivity index (χ4v) is 3.45. The molecule has 1 heterocycles. The first-order valence-corrected chi connectivity index (χ1v) is 10.5. The summed E-state index contributed by atoms with van der Waals surface area (Å²) in [7, 11) is 1.50. The van der Waals surface area contributed by atoms with Gasteiger partial charge >= 0.3 is 12.0 Å². The van der Waals surface area contributed by atoms with Crippen molar-refractivity contribution in [3.63, 3.8) is 0 Å². The van der Waals surface area contributed by atoms with Crippen LogP contribution in [-0.2, 0) is 17.9 Å². The zero-order chi connectivity index (χ0) is 24.1. The van der Waals surface area contributed by atoms with Gasteiger partial charge < -0.3 is 19.9 Å². The molecule has 1 aliphatic heterocycles. The summed E-state index contributed by atoms with van der Waals surface area (Å²) in [5.74, 6) is -0.453. The molecule has 0 saturated carbocycles. The Bertz CT molecular complexity index is 1250. The van der Waals surface area contributed by atoms with Crippen molar-refractivity contribution in [2.45, 2.75) is 13.2 Å². The molecule has 0 aromatic heterocycles. The predicted molar refractivity (Wildman–Crippen MR) is 124 cm³/mol. The van der Waals surface area contributed by atoms with Crippen LogP contribution in [0.25, 0.3) is 6.08 Å². The van der Waals surface area contributed by atoms with Crippen LogP contribution in [0.15, 0.2) is 78.5 Å².